The molecule has 96 valence electrons. The van der Waals surface area contributed by atoms with E-state index in [2.05, 4.69) is 41.2 Å². The number of rotatable bonds is 2. The fraction of sp³-hybridized carbons (Fsp3) is 0.200. The molecule has 0 unspecified atom stereocenters. The van der Waals surface area contributed by atoms with Gasteiger partial charge < -0.3 is 5.73 Å². The topological polar surface area (TPSA) is 56.7 Å². The summed E-state index contributed by atoms with van der Waals surface area (Å²) in [5.41, 5.74) is 11.1. The van der Waals surface area contributed by atoms with Gasteiger partial charge in [-0.15, -0.1) is 0 Å². The normalized spacial score (nSPS) is 11.1. The zero-order valence-electron chi connectivity index (χ0n) is 11.1. The number of aryl methyl sites for hydroxylation is 2. The Balaban J connectivity index is 2.06. The summed E-state index contributed by atoms with van der Waals surface area (Å²) in [5, 5.41) is 0. The van der Waals surface area contributed by atoms with Crippen LogP contribution in [0.25, 0.3) is 11.2 Å². The number of hydrogen-bond acceptors (Lipinski definition) is 3. The van der Waals surface area contributed by atoms with Crippen molar-refractivity contribution in [1.82, 2.24) is 14.5 Å². The van der Waals surface area contributed by atoms with Crippen molar-refractivity contribution < 1.29 is 0 Å². The second-order valence-corrected chi connectivity index (χ2v) is 4.84. The second-order valence-electron chi connectivity index (χ2n) is 4.84. The van der Waals surface area contributed by atoms with Crippen molar-refractivity contribution in [2.24, 2.45) is 0 Å². The highest BCUT2D eigenvalue weighted by Crippen LogP contribution is 2.18. The summed E-state index contributed by atoms with van der Waals surface area (Å²) in [6.07, 6.45) is 0. The van der Waals surface area contributed by atoms with Crippen molar-refractivity contribution in [3.05, 3.63) is 53.2 Å². The number of benzene rings is 1. The minimum Gasteiger partial charge on any atom is -0.369 e. The van der Waals surface area contributed by atoms with Crippen LogP contribution >= 0.6 is 0 Å². The van der Waals surface area contributed by atoms with Gasteiger partial charge in [-0.1, -0.05) is 29.8 Å². The molecule has 0 bridgehead atoms. The van der Waals surface area contributed by atoms with Crippen LogP contribution in [0.5, 0.6) is 0 Å². The van der Waals surface area contributed by atoms with E-state index in [1.165, 1.54) is 11.1 Å². The number of fused-ring (bicyclic) bond motifs is 1. The monoisotopic (exact) mass is 252 g/mol. The molecule has 4 heteroatoms. The lowest BCUT2D eigenvalue weighted by atomic mass is 10.1. The summed E-state index contributed by atoms with van der Waals surface area (Å²) in [6, 6.07) is 12.3. The third-order valence-electron chi connectivity index (χ3n) is 3.22. The molecule has 0 atom stereocenters. The lowest BCUT2D eigenvalue weighted by Crippen LogP contribution is -2.05. The number of nitrogen functional groups attached to an aromatic ring is 1. The molecule has 0 aliphatic heterocycles. The molecule has 3 rings (SSSR count). The van der Waals surface area contributed by atoms with Crippen LogP contribution in [0.3, 0.4) is 0 Å². The van der Waals surface area contributed by atoms with Crippen molar-refractivity contribution in [2.45, 2.75) is 20.4 Å². The van der Waals surface area contributed by atoms with Crippen LogP contribution < -0.4 is 5.73 Å². The van der Waals surface area contributed by atoms with Gasteiger partial charge in [-0.3, -0.25) is 4.57 Å². The molecule has 2 N–H and O–H groups in total. The third kappa shape index (κ3) is 2.17. The summed E-state index contributed by atoms with van der Waals surface area (Å²) < 4.78 is 1.95. The molecule has 2 heterocycles. The maximum atomic E-state index is 5.99. The van der Waals surface area contributed by atoms with Crippen LogP contribution in [0.4, 0.5) is 5.95 Å². The van der Waals surface area contributed by atoms with E-state index in [9.17, 15) is 0 Å². The lowest BCUT2D eigenvalue weighted by molar-refractivity contribution is 0.825. The highest BCUT2D eigenvalue weighted by Gasteiger charge is 2.09. The molecule has 2 aromatic heterocycles. The van der Waals surface area contributed by atoms with Gasteiger partial charge in [0.05, 0.1) is 6.54 Å². The number of nitrogens with two attached hydrogens (primary N) is 1. The molecule has 0 saturated heterocycles. The average molecular weight is 252 g/mol. The first-order valence-electron chi connectivity index (χ1n) is 6.28. The summed E-state index contributed by atoms with van der Waals surface area (Å²) in [6.45, 7) is 4.74. The Labute approximate surface area is 111 Å². The number of pyridine rings is 1. The van der Waals surface area contributed by atoms with Gasteiger partial charge in [0.1, 0.15) is 5.52 Å². The van der Waals surface area contributed by atoms with E-state index in [-0.39, 0.29) is 0 Å². The minimum absolute atomic E-state index is 0.508. The summed E-state index contributed by atoms with van der Waals surface area (Å²) in [5.74, 6) is 0.508. The van der Waals surface area contributed by atoms with Crippen LogP contribution in [0, 0.1) is 13.8 Å². The van der Waals surface area contributed by atoms with E-state index in [4.69, 9.17) is 5.73 Å². The molecule has 1 aromatic carbocycles. The largest absolute Gasteiger partial charge is 0.369 e. The zero-order chi connectivity index (χ0) is 13.4. The number of anilines is 1. The fourth-order valence-corrected chi connectivity index (χ4v) is 2.15. The average Bonchev–Trinajstić information content (AvgIpc) is 2.69. The standard InChI is InChI=1S/C15H16N4/c1-10-3-6-12(7-4-10)9-19-14-13(18-15(19)16)8-5-11(2)17-14/h3-8H,9H2,1-2H3,(H2,16,18). The molecule has 0 spiro atoms. The van der Waals surface area contributed by atoms with Crippen LogP contribution in [0.2, 0.25) is 0 Å². The molecule has 0 saturated carbocycles. The van der Waals surface area contributed by atoms with E-state index in [0.29, 0.717) is 12.5 Å². The number of hydrogen-bond donors (Lipinski definition) is 1. The Morgan fingerprint density at radius 3 is 2.47 bits per heavy atom. The zero-order valence-corrected chi connectivity index (χ0v) is 11.1. The number of imidazole rings is 1. The highest BCUT2D eigenvalue weighted by atomic mass is 15.2. The van der Waals surface area contributed by atoms with E-state index in [1.54, 1.807) is 0 Å². The SMILES string of the molecule is Cc1ccc(Cn2c(N)nc3ccc(C)nc32)cc1. The van der Waals surface area contributed by atoms with Crippen LogP contribution in [0.1, 0.15) is 16.8 Å². The van der Waals surface area contributed by atoms with E-state index >= 15 is 0 Å². The Bertz CT molecular complexity index is 726. The van der Waals surface area contributed by atoms with Gasteiger partial charge in [-0.2, -0.15) is 0 Å². The number of nitrogens with zero attached hydrogens (tertiary/aromatic N) is 3. The molecular formula is C15H16N4. The maximum Gasteiger partial charge on any atom is 0.202 e. The van der Waals surface area contributed by atoms with E-state index in [0.717, 1.165) is 16.9 Å². The van der Waals surface area contributed by atoms with Gasteiger partial charge in [0.15, 0.2) is 5.65 Å². The van der Waals surface area contributed by atoms with Crippen molar-refractivity contribution in [3.8, 4) is 0 Å². The summed E-state index contributed by atoms with van der Waals surface area (Å²) in [7, 11) is 0. The Morgan fingerprint density at radius 1 is 1.00 bits per heavy atom. The van der Waals surface area contributed by atoms with Crippen LogP contribution in [-0.4, -0.2) is 14.5 Å². The quantitative estimate of drug-likeness (QED) is 0.763. The maximum absolute atomic E-state index is 5.99. The predicted molar refractivity (Wildman–Crippen MR) is 77.0 cm³/mol. The Morgan fingerprint density at radius 2 is 1.74 bits per heavy atom. The molecule has 0 aliphatic carbocycles. The van der Waals surface area contributed by atoms with Crippen molar-refractivity contribution in [2.75, 3.05) is 5.73 Å². The predicted octanol–water partition coefficient (Wildman–Crippen LogP) is 2.68. The van der Waals surface area contributed by atoms with Crippen LogP contribution in [0.15, 0.2) is 36.4 Å². The summed E-state index contributed by atoms with van der Waals surface area (Å²) >= 11 is 0. The van der Waals surface area contributed by atoms with E-state index in [1.807, 2.05) is 23.6 Å². The summed E-state index contributed by atoms with van der Waals surface area (Å²) in [4.78, 5) is 8.88. The first-order valence-corrected chi connectivity index (χ1v) is 6.28. The molecule has 0 amide bonds. The minimum atomic E-state index is 0.508. The van der Waals surface area contributed by atoms with Gasteiger partial charge in [0, 0.05) is 5.69 Å². The van der Waals surface area contributed by atoms with Crippen molar-refractivity contribution >= 4 is 17.1 Å². The van der Waals surface area contributed by atoms with Gasteiger partial charge in [-0.05, 0) is 31.5 Å². The smallest absolute Gasteiger partial charge is 0.202 e. The Kier molecular flexibility index (Phi) is 2.71. The molecule has 0 fully saturated rings. The number of aromatic nitrogens is 3. The van der Waals surface area contributed by atoms with Crippen molar-refractivity contribution in [1.29, 1.82) is 0 Å². The fourth-order valence-electron chi connectivity index (χ4n) is 2.15. The molecule has 0 aliphatic rings. The lowest BCUT2D eigenvalue weighted by Gasteiger charge is -2.06. The van der Waals surface area contributed by atoms with Gasteiger partial charge in [0.25, 0.3) is 0 Å². The van der Waals surface area contributed by atoms with Gasteiger partial charge >= 0.3 is 0 Å². The molecule has 4 nitrogen and oxygen atoms in total. The molecular weight excluding hydrogens is 236 g/mol. The second kappa shape index (κ2) is 4.39. The van der Waals surface area contributed by atoms with Crippen molar-refractivity contribution in [3.63, 3.8) is 0 Å². The molecule has 19 heavy (non-hydrogen) atoms. The Hall–Kier alpha value is -2.36. The molecule has 3 aromatic rings. The van der Waals surface area contributed by atoms with E-state index < -0.39 is 0 Å². The van der Waals surface area contributed by atoms with Gasteiger partial charge in [-0.25, -0.2) is 9.97 Å². The highest BCUT2D eigenvalue weighted by molar-refractivity contribution is 5.74. The van der Waals surface area contributed by atoms with Crippen LogP contribution in [-0.2, 0) is 6.54 Å². The molecule has 0 radical (unpaired) electrons. The first-order chi connectivity index (χ1) is 9.13. The first kappa shape index (κ1) is 11.7. The van der Waals surface area contributed by atoms with Gasteiger partial charge in [0.2, 0.25) is 5.95 Å². The third-order valence-corrected chi connectivity index (χ3v) is 3.22.